The number of amides is 3. The smallest absolute Gasteiger partial charge is 0.409 e. The summed E-state index contributed by atoms with van der Waals surface area (Å²) in [5.41, 5.74) is -0.871. The maximum atomic E-state index is 14.0. The Kier molecular flexibility index (Phi) is 11.2. The summed E-state index contributed by atoms with van der Waals surface area (Å²) in [6.45, 7) is 8.29. The number of halogens is 1. The standard InChI is InChI=1S/C34H46ClN3O10/c1-18-11-10-12-26(45-9)34(43)17-25(46-32(42)36-34)19(2)30-33(5,48-30)27(47-31(41)20(3)37(6)21(4)39)16-28(40)38(7)23-14-22(13-18)15-24(44-8)29(23)35/h10-12,14-15,19-20,25-27,30,43H,13,16-17H2,1-9H3,(H,36,42)/b12-10-,18-11-. The number of nitrogens with zero attached hydrogens (tertiary/aromatic N) is 2. The summed E-state index contributed by atoms with van der Waals surface area (Å²) in [4.78, 5) is 54.7. The van der Waals surface area contributed by atoms with Crippen LogP contribution in [-0.2, 0) is 39.8 Å². The second-order valence-corrected chi connectivity index (χ2v) is 13.4. The van der Waals surface area contributed by atoms with Gasteiger partial charge in [-0.25, -0.2) is 9.59 Å². The predicted molar refractivity (Wildman–Crippen MR) is 177 cm³/mol. The zero-order valence-corrected chi connectivity index (χ0v) is 29.6. The van der Waals surface area contributed by atoms with Gasteiger partial charge in [-0.2, -0.15) is 0 Å². The Balaban J connectivity index is 1.80. The fourth-order valence-corrected chi connectivity index (χ4v) is 6.59. The highest BCUT2D eigenvalue weighted by Crippen LogP contribution is 2.49. The number of alkyl carbamates (subject to hydrolysis) is 1. The van der Waals surface area contributed by atoms with Crippen LogP contribution < -0.4 is 15.0 Å². The number of allylic oxidation sites excluding steroid dienone is 3. The molecule has 2 N–H and O–H groups in total. The van der Waals surface area contributed by atoms with Gasteiger partial charge in [0.15, 0.2) is 5.72 Å². The highest BCUT2D eigenvalue weighted by molar-refractivity contribution is 6.35. The van der Waals surface area contributed by atoms with E-state index >= 15 is 0 Å². The molecule has 48 heavy (non-hydrogen) atoms. The summed E-state index contributed by atoms with van der Waals surface area (Å²) in [7, 11) is 5.97. The molecule has 1 aromatic carbocycles. The molecule has 2 saturated heterocycles. The number of methoxy groups -OCH3 is 2. The van der Waals surface area contributed by atoms with Gasteiger partial charge in [-0.3, -0.25) is 14.9 Å². The number of benzene rings is 1. The van der Waals surface area contributed by atoms with E-state index in [0.717, 1.165) is 11.1 Å². The third-order valence-corrected chi connectivity index (χ3v) is 10.0. The Morgan fingerprint density at radius 3 is 2.56 bits per heavy atom. The van der Waals surface area contributed by atoms with Gasteiger partial charge in [-0.05, 0) is 44.9 Å². The number of hydrogen-bond donors (Lipinski definition) is 2. The molecule has 14 heteroatoms. The van der Waals surface area contributed by atoms with Crippen molar-refractivity contribution in [3.8, 4) is 5.75 Å². The normalized spacial score (nSPS) is 33.2. The van der Waals surface area contributed by atoms with E-state index in [1.165, 1.54) is 44.9 Å². The van der Waals surface area contributed by atoms with Crippen LogP contribution in [0.1, 0.15) is 53.0 Å². The van der Waals surface area contributed by atoms with Crippen LogP contribution in [0.25, 0.3) is 0 Å². The molecule has 4 bridgehead atoms. The number of carbonyl (C=O) groups is 4. The molecule has 4 rings (SSSR count). The number of esters is 1. The number of rotatable bonds is 5. The Bertz CT molecular complexity index is 1500. The first-order valence-electron chi connectivity index (χ1n) is 15.8. The molecule has 3 heterocycles. The molecular formula is C34H46ClN3O10. The maximum Gasteiger partial charge on any atom is 0.409 e. The molecular weight excluding hydrogens is 646 g/mol. The molecule has 264 valence electrons. The van der Waals surface area contributed by atoms with Crippen LogP contribution in [0, 0.1) is 5.92 Å². The number of carbonyl (C=O) groups excluding carboxylic acids is 4. The Morgan fingerprint density at radius 2 is 1.94 bits per heavy atom. The summed E-state index contributed by atoms with van der Waals surface area (Å²) >= 11 is 6.71. The second-order valence-electron chi connectivity index (χ2n) is 13.0. The minimum absolute atomic E-state index is 0.0436. The van der Waals surface area contributed by atoms with Crippen molar-refractivity contribution in [1.29, 1.82) is 0 Å². The quantitative estimate of drug-likeness (QED) is 0.346. The minimum Gasteiger partial charge on any atom is -0.495 e. The van der Waals surface area contributed by atoms with E-state index in [1.54, 1.807) is 45.2 Å². The van der Waals surface area contributed by atoms with E-state index in [9.17, 15) is 24.3 Å². The monoisotopic (exact) mass is 691 g/mol. The van der Waals surface area contributed by atoms with Gasteiger partial charge < -0.3 is 38.6 Å². The number of likely N-dealkylation sites (N-methyl/N-ethyl adjacent to an activating group) is 1. The van der Waals surface area contributed by atoms with E-state index in [4.69, 9.17) is 35.3 Å². The summed E-state index contributed by atoms with van der Waals surface area (Å²) in [6, 6.07) is 2.63. The van der Waals surface area contributed by atoms with Crippen molar-refractivity contribution < 1.29 is 48.0 Å². The Morgan fingerprint density at radius 1 is 1.25 bits per heavy atom. The van der Waals surface area contributed by atoms with Gasteiger partial charge >= 0.3 is 12.1 Å². The molecule has 3 amide bonds. The molecule has 0 aliphatic carbocycles. The maximum absolute atomic E-state index is 14.0. The highest BCUT2D eigenvalue weighted by Gasteiger charge is 2.64. The average Bonchev–Trinajstić information content (AvgIpc) is 3.73. The number of anilines is 1. The SMILES string of the molecule is COc1cc2cc(c1Cl)N(C)C(=O)CC(OC(=O)C(C)N(C)C(C)=O)C1(C)OC1C(C)C1CC(O)(NC(=O)O1)C(OC)/C=C\C=C(\C)C2. The fourth-order valence-electron chi connectivity index (χ4n) is 6.27. The van der Waals surface area contributed by atoms with Crippen LogP contribution in [-0.4, -0.2) is 104 Å². The lowest BCUT2D eigenvalue weighted by molar-refractivity contribution is -0.161. The van der Waals surface area contributed by atoms with Crippen molar-refractivity contribution >= 4 is 41.2 Å². The van der Waals surface area contributed by atoms with E-state index in [0.29, 0.717) is 17.9 Å². The van der Waals surface area contributed by atoms with E-state index in [-0.39, 0.29) is 23.8 Å². The molecule has 0 saturated carbocycles. The van der Waals surface area contributed by atoms with Crippen molar-refractivity contribution in [1.82, 2.24) is 10.2 Å². The van der Waals surface area contributed by atoms with Crippen LogP contribution in [0.4, 0.5) is 10.5 Å². The summed E-state index contributed by atoms with van der Waals surface area (Å²) in [6.07, 6.45) is 1.02. The first kappa shape index (κ1) is 37.2. The summed E-state index contributed by atoms with van der Waals surface area (Å²) in [5, 5.41) is 14.4. The number of fused-ring (bicyclic) bond motifs is 5. The molecule has 0 spiro atoms. The lowest BCUT2D eigenvalue weighted by Crippen LogP contribution is -2.63. The van der Waals surface area contributed by atoms with Crippen molar-refractivity contribution in [2.24, 2.45) is 5.92 Å². The second kappa shape index (κ2) is 14.5. The number of ether oxygens (including phenoxy) is 5. The van der Waals surface area contributed by atoms with Gasteiger partial charge in [0, 0.05) is 40.5 Å². The zero-order valence-electron chi connectivity index (χ0n) is 28.9. The van der Waals surface area contributed by atoms with Crippen LogP contribution in [0.3, 0.4) is 0 Å². The topological polar surface area (TPSA) is 156 Å². The third kappa shape index (κ3) is 7.64. The van der Waals surface area contributed by atoms with Crippen LogP contribution in [0.5, 0.6) is 5.75 Å². The number of nitrogens with one attached hydrogen (secondary N) is 1. The highest BCUT2D eigenvalue weighted by atomic mass is 35.5. The predicted octanol–water partition coefficient (Wildman–Crippen LogP) is 3.53. The van der Waals surface area contributed by atoms with Crippen molar-refractivity contribution in [3.05, 3.63) is 46.5 Å². The molecule has 0 aromatic heterocycles. The van der Waals surface area contributed by atoms with E-state index in [1.807, 2.05) is 13.0 Å². The Hall–Kier alpha value is -3.65. The zero-order chi connectivity index (χ0) is 35.7. The molecule has 3 aliphatic heterocycles. The summed E-state index contributed by atoms with van der Waals surface area (Å²) < 4.78 is 28.9. The van der Waals surface area contributed by atoms with Gasteiger partial charge in [0.2, 0.25) is 11.8 Å². The molecule has 8 atom stereocenters. The summed E-state index contributed by atoms with van der Waals surface area (Å²) in [5.74, 6) is -1.63. The molecule has 8 unspecified atom stereocenters. The van der Waals surface area contributed by atoms with Crippen molar-refractivity contribution in [2.75, 3.05) is 33.2 Å². The lowest BCUT2D eigenvalue weighted by Gasteiger charge is -2.42. The Labute approximate surface area is 286 Å². The first-order valence-corrected chi connectivity index (χ1v) is 16.2. The van der Waals surface area contributed by atoms with Crippen molar-refractivity contribution in [3.63, 3.8) is 0 Å². The number of epoxide rings is 1. The molecule has 13 nitrogen and oxygen atoms in total. The molecule has 2 fully saturated rings. The van der Waals surface area contributed by atoms with Gasteiger partial charge in [-0.15, -0.1) is 0 Å². The fraction of sp³-hybridized carbons (Fsp3) is 0.588. The third-order valence-electron chi connectivity index (χ3n) is 9.63. The van der Waals surface area contributed by atoms with Crippen LogP contribution in [0.2, 0.25) is 5.02 Å². The molecule has 1 aromatic rings. The largest absolute Gasteiger partial charge is 0.495 e. The van der Waals surface area contributed by atoms with Gasteiger partial charge in [0.05, 0.1) is 25.3 Å². The molecule has 0 radical (unpaired) electrons. The first-order chi connectivity index (χ1) is 22.4. The van der Waals surface area contributed by atoms with E-state index < -0.39 is 65.7 Å². The van der Waals surface area contributed by atoms with Gasteiger partial charge in [0.25, 0.3) is 0 Å². The van der Waals surface area contributed by atoms with Crippen LogP contribution >= 0.6 is 11.6 Å². The lowest BCUT2D eigenvalue weighted by atomic mass is 9.83. The average molecular weight is 692 g/mol. The number of hydrogen-bond acceptors (Lipinski definition) is 10. The minimum atomic E-state index is -1.81. The van der Waals surface area contributed by atoms with Crippen LogP contribution in [0.15, 0.2) is 35.9 Å². The van der Waals surface area contributed by atoms with E-state index in [2.05, 4.69) is 5.32 Å². The van der Waals surface area contributed by atoms with Gasteiger partial charge in [-0.1, -0.05) is 42.3 Å². The van der Waals surface area contributed by atoms with Gasteiger partial charge in [0.1, 0.15) is 40.7 Å². The molecule has 3 aliphatic rings. The van der Waals surface area contributed by atoms with Crippen molar-refractivity contribution in [2.45, 2.75) is 95.7 Å². The number of aliphatic hydroxyl groups is 1.